The third kappa shape index (κ3) is 6.90. The number of carbonyl (C=O) groups excluding carboxylic acids is 2. The second kappa shape index (κ2) is 13.1. The minimum atomic E-state index is -4.63. The highest BCUT2D eigenvalue weighted by atomic mass is 32.1. The van der Waals surface area contributed by atoms with Gasteiger partial charge in [-0.15, -0.1) is 22.7 Å². The van der Waals surface area contributed by atoms with E-state index in [4.69, 9.17) is 4.74 Å². The number of carboxylic acids is 1. The van der Waals surface area contributed by atoms with Gasteiger partial charge in [0.1, 0.15) is 17.7 Å². The van der Waals surface area contributed by atoms with Gasteiger partial charge < -0.3 is 25.0 Å². The van der Waals surface area contributed by atoms with Crippen molar-refractivity contribution in [2.75, 3.05) is 20.1 Å². The number of hydrogen-bond donors (Lipinski definition) is 2. The van der Waals surface area contributed by atoms with Gasteiger partial charge in [-0.2, -0.15) is 18.2 Å². The number of amides is 3. The number of halogens is 3. The molecule has 0 radical (unpaired) electrons. The number of ether oxygens (including phenoxy) is 1. The van der Waals surface area contributed by atoms with Crippen LogP contribution < -0.4 is 10.1 Å². The number of nitrogens with zero attached hydrogens (tertiary/aromatic N) is 5. The first kappa shape index (κ1) is 33.8. The molecule has 2 fully saturated rings. The number of alkyl halides is 3. The molecule has 2 aliphatic heterocycles. The first-order valence-corrected chi connectivity index (χ1v) is 17.3. The fraction of sp³-hybridized carbons (Fsp3) is 0.500. The van der Waals surface area contributed by atoms with Crippen LogP contribution in [0.2, 0.25) is 0 Å². The number of aromatic nitrogens is 3. The molecule has 16 heteroatoms. The monoisotopic (exact) mass is 704 g/mol. The highest BCUT2D eigenvalue weighted by Crippen LogP contribution is 2.45. The van der Waals surface area contributed by atoms with Gasteiger partial charge in [-0.1, -0.05) is 12.2 Å². The van der Waals surface area contributed by atoms with E-state index in [1.165, 1.54) is 4.90 Å². The zero-order valence-electron chi connectivity index (χ0n) is 26.5. The fourth-order valence-electron chi connectivity index (χ4n) is 6.25. The van der Waals surface area contributed by atoms with E-state index in [2.05, 4.69) is 20.3 Å². The largest absolute Gasteiger partial charge is 0.479 e. The molecule has 11 nitrogen and oxygen atoms in total. The van der Waals surface area contributed by atoms with Gasteiger partial charge in [-0.25, -0.2) is 19.6 Å². The molecule has 6 rings (SSSR count). The number of urea groups is 1. The van der Waals surface area contributed by atoms with Crippen molar-refractivity contribution >= 4 is 40.6 Å². The number of carbonyl (C=O) groups is 3. The van der Waals surface area contributed by atoms with Crippen molar-refractivity contribution in [3.8, 4) is 28.0 Å². The van der Waals surface area contributed by atoms with E-state index in [9.17, 15) is 32.7 Å². The summed E-state index contributed by atoms with van der Waals surface area (Å²) < 4.78 is 46.5. The van der Waals surface area contributed by atoms with Crippen molar-refractivity contribution in [2.24, 2.45) is 5.92 Å². The lowest BCUT2D eigenvalue weighted by molar-refractivity contribution is -0.144. The summed E-state index contributed by atoms with van der Waals surface area (Å²) in [6, 6.07) is 2.17. The fourth-order valence-corrected chi connectivity index (χ4v) is 7.94. The molecule has 0 spiro atoms. The number of allylic oxidation sites excluding steroid dienone is 1. The van der Waals surface area contributed by atoms with E-state index < -0.39 is 41.4 Å². The molecular weight excluding hydrogens is 670 g/mol. The molecule has 3 aromatic rings. The van der Waals surface area contributed by atoms with Crippen molar-refractivity contribution in [2.45, 2.75) is 76.2 Å². The molecule has 3 aliphatic rings. The number of piperidine rings is 1. The SMILES string of the molecule is Cc1cc(-c2cc(O[C@H]3CCN4C(=O)N(C)CCCCC=C[C@@H]5C[C@@]5(C(=O)O)NC(=O)[C@@H]4C3)nc(-c3nc(C(F)(F)F)cs3)n2)c(C)s1. The van der Waals surface area contributed by atoms with Gasteiger partial charge in [0, 0.05) is 65.7 Å². The quantitative estimate of drug-likeness (QED) is 0.312. The van der Waals surface area contributed by atoms with Gasteiger partial charge in [-0.05, 0) is 45.6 Å². The average molecular weight is 705 g/mol. The lowest BCUT2D eigenvalue weighted by Gasteiger charge is -2.40. The molecular formula is C32H35F3N6O5S2. The van der Waals surface area contributed by atoms with Crippen LogP contribution in [0, 0.1) is 19.8 Å². The molecule has 1 aliphatic carbocycles. The minimum absolute atomic E-state index is 0.0282. The van der Waals surface area contributed by atoms with Crippen molar-refractivity contribution in [3.05, 3.63) is 45.1 Å². The summed E-state index contributed by atoms with van der Waals surface area (Å²) in [4.78, 5) is 57.5. The van der Waals surface area contributed by atoms with Crippen LogP contribution in [0.25, 0.3) is 22.1 Å². The molecule has 5 heterocycles. The standard InChI is InChI=1S/C32H35F3N6O5S2/c1-17-12-21(18(2)48-17)22-14-25(38-26(36-22)28-37-24(16-47-28)32(33,34)35)46-20-9-11-41-23(13-20)27(42)39-31(29(43)44)15-19(31)8-6-4-5-7-10-40(3)30(41)45/h6,8,12,14,16,19-20,23H,4-5,7,9-11,13,15H2,1-3H3,(H,39,42)(H,43,44)/t19-,20+,23+,31-/m1/s1. The van der Waals surface area contributed by atoms with Crippen molar-refractivity contribution in [3.63, 3.8) is 0 Å². The molecule has 3 amide bonds. The van der Waals surface area contributed by atoms with E-state index in [-0.39, 0.29) is 48.0 Å². The van der Waals surface area contributed by atoms with Gasteiger partial charge >= 0.3 is 18.2 Å². The van der Waals surface area contributed by atoms with E-state index in [0.29, 0.717) is 18.7 Å². The number of nitrogens with one attached hydrogen (secondary N) is 1. The molecule has 0 bridgehead atoms. The van der Waals surface area contributed by atoms with Crippen molar-refractivity contribution in [1.29, 1.82) is 0 Å². The number of thiophene rings is 1. The van der Waals surface area contributed by atoms with Crippen LogP contribution in [0.3, 0.4) is 0 Å². The van der Waals surface area contributed by atoms with Gasteiger partial charge in [-0.3, -0.25) is 4.79 Å². The maximum absolute atomic E-state index is 13.8. The summed E-state index contributed by atoms with van der Waals surface area (Å²) in [5.41, 5.74) is -1.26. The summed E-state index contributed by atoms with van der Waals surface area (Å²) in [6.07, 6.45) is 1.49. The maximum Gasteiger partial charge on any atom is 0.434 e. The summed E-state index contributed by atoms with van der Waals surface area (Å²) in [5, 5.41) is 13.7. The Bertz CT molecular complexity index is 1760. The van der Waals surface area contributed by atoms with Crippen LogP contribution in [0.4, 0.5) is 18.0 Å². The van der Waals surface area contributed by atoms with Crippen LogP contribution in [0.1, 0.15) is 54.0 Å². The smallest absolute Gasteiger partial charge is 0.434 e. The van der Waals surface area contributed by atoms with E-state index in [1.54, 1.807) is 29.4 Å². The topological polar surface area (TPSA) is 138 Å². The third-order valence-electron chi connectivity index (χ3n) is 8.95. The maximum atomic E-state index is 13.8. The van der Waals surface area contributed by atoms with Gasteiger partial charge in [0.15, 0.2) is 16.5 Å². The Balaban J connectivity index is 1.31. The predicted octanol–water partition coefficient (Wildman–Crippen LogP) is 5.93. The average Bonchev–Trinajstić information content (AvgIpc) is 3.32. The number of aliphatic carboxylic acids is 1. The Morgan fingerprint density at radius 1 is 1.15 bits per heavy atom. The normalized spacial score (nSPS) is 25.2. The van der Waals surface area contributed by atoms with E-state index >= 15 is 0 Å². The second-order valence-corrected chi connectivity index (χ2v) is 14.8. The van der Waals surface area contributed by atoms with Gasteiger partial charge in [0.25, 0.3) is 0 Å². The zero-order valence-corrected chi connectivity index (χ0v) is 28.2. The highest BCUT2D eigenvalue weighted by molar-refractivity contribution is 7.13. The van der Waals surface area contributed by atoms with E-state index in [0.717, 1.165) is 51.3 Å². The Labute approximate surface area is 282 Å². The van der Waals surface area contributed by atoms with Gasteiger partial charge in [0.05, 0.1) is 5.69 Å². The molecule has 1 saturated carbocycles. The van der Waals surface area contributed by atoms with Crippen LogP contribution >= 0.6 is 22.7 Å². The number of fused-ring (bicyclic) bond motifs is 2. The predicted molar refractivity (Wildman–Crippen MR) is 173 cm³/mol. The summed E-state index contributed by atoms with van der Waals surface area (Å²) in [5.74, 6) is -2.02. The number of thiazole rings is 1. The first-order valence-electron chi connectivity index (χ1n) is 15.6. The Morgan fingerprint density at radius 2 is 1.94 bits per heavy atom. The van der Waals surface area contributed by atoms with Crippen LogP contribution in [0.15, 0.2) is 29.7 Å². The Hall–Kier alpha value is -4.05. The molecule has 48 heavy (non-hydrogen) atoms. The Kier molecular flexibility index (Phi) is 9.24. The minimum Gasteiger partial charge on any atom is -0.479 e. The summed E-state index contributed by atoms with van der Waals surface area (Å²) >= 11 is 2.32. The lowest BCUT2D eigenvalue weighted by atomic mass is 9.98. The first-order chi connectivity index (χ1) is 22.7. The molecule has 256 valence electrons. The summed E-state index contributed by atoms with van der Waals surface area (Å²) in [7, 11) is 1.68. The molecule has 0 unspecified atom stereocenters. The number of hydrogen-bond acceptors (Lipinski definition) is 9. The number of carboxylic acid groups (broad SMARTS) is 1. The van der Waals surface area contributed by atoms with Gasteiger partial charge in [0.2, 0.25) is 11.8 Å². The molecule has 0 aromatic carbocycles. The third-order valence-corrected chi connectivity index (χ3v) is 10.8. The van der Waals surface area contributed by atoms with Crippen LogP contribution in [-0.2, 0) is 15.8 Å². The van der Waals surface area contributed by atoms with Crippen molar-refractivity contribution in [1.82, 2.24) is 30.1 Å². The zero-order chi connectivity index (χ0) is 34.4. The second-order valence-electron chi connectivity index (χ2n) is 12.5. The number of rotatable bonds is 5. The molecule has 3 aromatic heterocycles. The molecule has 1 saturated heterocycles. The molecule has 2 N–H and O–H groups in total. The van der Waals surface area contributed by atoms with Crippen LogP contribution in [0.5, 0.6) is 5.88 Å². The van der Waals surface area contributed by atoms with E-state index in [1.807, 2.05) is 32.1 Å². The number of aryl methyl sites for hydroxylation is 2. The van der Waals surface area contributed by atoms with Crippen molar-refractivity contribution < 1.29 is 37.4 Å². The Morgan fingerprint density at radius 3 is 2.62 bits per heavy atom. The lowest BCUT2D eigenvalue weighted by Crippen LogP contribution is -2.60. The van der Waals surface area contributed by atoms with Crippen LogP contribution in [-0.4, -0.2) is 85.6 Å². The molecule has 4 atom stereocenters. The summed E-state index contributed by atoms with van der Waals surface area (Å²) in [6.45, 7) is 4.51. The highest BCUT2D eigenvalue weighted by Gasteiger charge is 2.61.